The Bertz CT molecular complexity index is 508. The van der Waals surface area contributed by atoms with E-state index in [9.17, 15) is 5.11 Å². The number of nitriles is 1. The molecule has 0 aromatic heterocycles. The molecule has 0 radical (unpaired) electrons. The third-order valence-corrected chi connectivity index (χ3v) is 3.48. The molecule has 1 aromatic carbocycles. The minimum Gasteiger partial charge on any atom is -0.397 e. The summed E-state index contributed by atoms with van der Waals surface area (Å²) in [6.45, 7) is 7.92. The quantitative estimate of drug-likeness (QED) is 0.805. The summed E-state index contributed by atoms with van der Waals surface area (Å²) < 4.78 is 0. The largest absolute Gasteiger partial charge is 0.397 e. The maximum Gasteiger partial charge on any atom is 0.0992 e. The molecule has 1 saturated heterocycles. The van der Waals surface area contributed by atoms with Crippen LogP contribution in [-0.4, -0.2) is 48.3 Å². The molecular weight excluding hydrogens is 252 g/mol. The summed E-state index contributed by atoms with van der Waals surface area (Å²) >= 11 is 0. The molecule has 3 N–H and O–H groups in total. The van der Waals surface area contributed by atoms with Crippen LogP contribution < -0.4 is 10.6 Å². The van der Waals surface area contributed by atoms with Gasteiger partial charge in [0.15, 0.2) is 0 Å². The molecule has 5 nitrogen and oxygen atoms in total. The van der Waals surface area contributed by atoms with Gasteiger partial charge in [0, 0.05) is 32.7 Å². The Morgan fingerprint density at radius 1 is 1.30 bits per heavy atom. The lowest BCUT2D eigenvalue weighted by molar-refractivity contribution is 0.0345. The number of aliphatic hydroxyl groups is 1. The Labute approximate surface area is 120 Å². The molecule has 0 spiro atoms. The van der Waals surface area contributed by atoms with Gasteiger partial charge in [-0.1, -0.05) is 0 Å². The summed E-state index contributed by atoms with van der Waals surface area (Å²) in [5, 5.41) is 18.7. The number of anilines is 2. The van der Waals surface area contributed by atoms with Crippen molar-refractivity contribution in [1.82, 2.24) is 4.90 Å². The number of piperazine rings is 1. The van der Waals surface area contributed by atoms with Gasteiger partial charge in [0.2, 0.25) is 0 Å². The molecule has 0 atom stereocenters. The zero-order valence-electron chi connectivity index (χ0n) is 12.1. The summed E-state index contributed by atoms with van der Waals surface area (Å²) in [7, 11) is 0. The van der Waals surface area contributed by atoms with E-state index >= 15 is 0 Å². The van der Waals surface area contributed by atoms with Gasteiger partial charge in [-0.25, -0.2) is 0 Å². The van der Waals surface area contributed by atoms with Crippen LogP contribution in [0.15, 0.2) is 18.2 Å². The van der Waals surface area contributed by atoms with Gasteiger partial charge in [-0.3, -0.25) is 4.90 Å². The van der Waals surface area contributed by atoms with Crippen molar-refractivity contribution in [1.29, 1.82) is 5.26 Å². The molecule has 1 fully saturated rings. The van der Waals surface area contributed by atoms with Gasteiger partial charge in [-0.2, -0.15) is 5.26 Å². The summed E-state index contributed by atoms with van der Waals surface area (Å²) in [5.74, 6) is 0. The summed E-state index contributed by atoms with van der Waals surface area (Å²) in [5.41, 5.74) is 7.60. The summed E-state index contributed by atoms with van der Waals surface area (Å²) in [4.78, 5) is 4.49. The fourth-order valence-electron chi connectivity index (χ4n) is 2.61. The fraction of sp³-hybridized carbons (Fsp3) is 0.533. The molecule has 0 bridgehead atoms. The first-order valence-corrected chi connectivity index (χ1v) is 6.88. The second-order valence-electron chi connectivity index (χ2n) is 5.96. The van der Waals surface area contributed by atoms with E-state index in [2.05, 4.69) is 15.9 Å². The van der Waals surface area contributed by atoms with Gasteiger partial charge in [0.25, 0.3) is 0 Å². The monoisotopic (exact) mass is 274 g/mol. The van der Waals surface area contributed by atoms with E-state index in [-0.39, 0.29) is 0 Å². The first kappa shape index (κ1) is 14.6. The van der Waals surface area contributed by atoms with Gasteiger partial charge in [0.05, 0.1) is 28.6 Å². The van der Waals surface area contributed by atoms with Crippen LogP contribution in [0.3, 0.4) is 0 Å². The predicted molar refractivity (Wildman–Crippen MR) is 80.5 cm³/mol. The van der Waals surface area contributed by atoms with Crippen LogP contribution in [0.2, 0.25) is 0 Å². The molecule has 0 amide bonds. The number of nitrogens with zero attached hydrogens (tertiary/aromatic N) is 3. The van der Waals surface area contributed by atoms with Crippen molar-refractivity contribution in [3.05, 3.63) is 23.8 Å². The molecule has 1 aliphatic heterocycles. The Morgan fingerprint density at radius 2 is 1.95 bits per heavy atom. The minimum absolute atomic E-state index is 0.590. The number of hydrogen-bond acceptors (Lipinski definition) is 5. The van der Waals surface area contributed by atoms with Crippen LogP contribution in [0.1, 0.15) is 19.4 Å². The van der Waals surface area contributed by atoms with Crippen molar-refractivity contribution in [2.75, 3.05) is 43.4 Å². The Morgan fingerprint density at radius 3 is 2.45 bits per heavy atom. The average molecular weight is 274 g/mol. The lowest BCUT2D eigenvalue weighted by Crippen LogP contribution is -2.50. The number of benzene rings is 1. The normalized spacial score (nSPS) is 17.0. The zero-order chi connectivity index (χ0) is 14.8. The number of rotatable bonds is 3. The lowest BCUT2D eigenvalue weighted by atomic mass is 10.1. The standard InChI is InChI=1S/C15H22N4O/c1-15(2,20)11-18-5-7-19(8-6-18)14-4-3-12(10-16)9-13(14)17/h3-4,9,20H,5-8,11,17H2,1-2H3. The van der Waals surface area contributed by atoms with Crippen molar-refractivity contribution in [2.24, 2.45) is 0 Å². The van der Waals surface area contributed by atoms with E-state index in [1.54, 1.807) is 12.1 Å². The van der Waals surface area contributed by atoms with Crippen molar-refractivity contribution < 1.29 is 5.11 Å². The highest BCUT2D eigenvalue weighted by atomic mass is 16.3. The van der Waals surface area contributed by atoms with Crippen LogP contribution in [0.5, 0.6) is 0 Å². The van der Waals surface area contributed by atoms with E-state index < -0.39 is 5.60 Å². The zero-order valence-corrected chi connectivity index (χ0v) is 12.1. The summed E-state index contributed by atoms with van der Waals surface area (Å²) in [6.07, 6.45) is 0. The molecule has 20 heavy (non-hydrogen) atoms. The number of nitrogen functional groups attached to an aromatic ring is 1. The molecule has 2 rings (SSSR count). The van der Waals surface area contributed by atoms with E-state index in [1.165, 1.54) is 0 Å². The van der Waals surface area contributed by atoms with Crippen molar-refractivity contribution in [3.63, 3.8) is 0 Å². The van der Waals surface area contributed by atoms with Crippen LogP contribution in [0, 0.1) is 11.3 Å². The molecule has 0 aliphatic carbocycles. The number of nitrogens with two attached hydrogens (primary N) is 1. The van der Waals surface area contributed by atoms with Crippen LogP contribution in [0.25, 0.3) is 0 Å². The first-order chi connectivity index (χ1) is 9.39. The molecule has 0 saturated carbocycles. The van der Waals surface area contributed by atoms with E-state index in [1.807, 2.05) is 19.9 Å². The van der Waals surface area contributed by atoms with Gasteiger partial charge < -0.3 is 15.7 Å². The molecule has 0 unspecified atom stereocenters. The molecule has 1 heterocycles. The van der Waals surface area contributed by atoms with Gasteiger partial charge in [-0.15, -0.1) is 0 Å². The van der Waals surface area contributed by atoms with Crippen LogP contribution >= 0.6 is 0 Å². The van der Waals surface area contributed by atoms with Crippen molar-refractivity contribution in [3.8, 4) is 6.07 Å². The fourth-order valence-corrected chi connectivity index (χ4v) is 2.61. The van der Waals surface area contributed by atoms with E-state index in [0.717, 1.165) is 31.9 Å². The topological polar surface area (TPSA) is 76.5 Å². The highest BCUT2D eigenvalue weighted by molar-refractivity contribution is 5.69. The van der Waals surface area contributed by atoms with E-state index in [4.69, 9.17) is 11.0 Å². The Balaban J connectivity index is 1.99. The van der Waals surface area contributed by atoms with E-state index in [0.29, 0.717) is 17.8 Å². The predicted octanol–water partition coefficient (Wildman–Crippen LogP) is 1.03. The lowest BCUT2D eigenvalue weighted by Gasteiger charge is -2.38. The van der Waals surface area contributed by atoms with Gasteiger partial charge in [0.1, 0.15) is 0 Å². The SMILES string of the molecule is CC(C)(O)CN1CCN(c2ccc(C#N)cc2N)CC1. The third-order valence-electron chi connectivity index (χ3n) is 3.48. The first-order valence-electron chi connectivity index (χ1n) is 6.88. The number of β-amino-alcohol motifs (C(OH)–C–C–N with tert-alkyl or cyclic N) is 1. The Hall–Kier alpha value is -1.77. The molecule has 1 aliphatic rings. The van der Waals surface area contributed by atoms with Gasteiger partial charge >= 0.3 is 0 Å². The third kappa shape index (κ3) is 3.62. The van der Waals surface area contributed by atoms with Gasteiger partial charge in [-0.05, 0) is 32.0 Å². The van der Waals surface area contributed by atoms with Crippen LogP contribution in [0.4, 0.5) is 11.4 Å². The second-order valence-corrected chi connectivity index (χ2v) is 5.96. The van der Waals surface area contributed by atoms with Crippen molar-refractivity contribution >= 4 is 11.4 Å². The smallest absolute Gasteiger partial charge is 0.0992 e. The number of hydrogen-bond donors (Lipinski definition) is 2. The highest BCUT2D eigenvalue weighted by Gasteiger charge is 2.23. The molecule has 108 valence electrons. The van der Waals surface area contributed by atoms with Crippen molar-refractivity contribution in [2.45, 2.75) is 19.4 Å². The molecular formula is C15H22N4O. The van der Waals surface area contributed by atoms with Crippen LogP contribution in [-0.2, 0) is 0 Å². The molecule has 5 heteroatoms. The maximum absolute atomic E-state index is 9.85. The minimum atomic E-state index is -0.657. The Kier molecular flexibility index (Phi) is 4.17. The second kappa shape index (κ2) is 5.70. The highest BCUT2D eigenvalue weighted by Crippen LogP contribution is 2.25. The average Bonchev–Trinajstić information content (AvgIpc) is 2.38. The molecule has 1 aromatic rings. The summed E-state index contributed by atoms with van der Waals surface area (Å²) in [6, 6.07) is 7.53. The maximum atomic E-state index is 9.85.